The zero-order chi connectivity index (χ0) is 31.0. The highest BCUT2D eigenvalue weighted by Crippen LogP contribution is 2.37. The quantitative estimate of drug-likeness (QED) is 0.227. The molecular weight excluding hydrogens is 599 g/mol. The Balaban J connectivity index is 1.40. The maximum absolute atomic E-state index is 15.3. The van der Waals surface area contributed by atoms with Crippen LogP contribution in [0.5, 0.6) is 0 Å². The van der Waals surface area contributed by atoms with Crippen molar-refractivity contribution in [2.75, 3.05) is 11.9 Å². The van der Waals surface area contributed by atoms with E-state index in [1.54, 1.807) is 6.92 Å². The van der Waals surface area contributed by atoms with Crippen LogP contribution >= 0.6 is 11.6 Å². The number of ether oxygens (including phenoxy) is 1. The third-order valence-corrected chi connectivity index (χ3v) is 6.72. The van der Waals surface area contributed by atoms with E-state index < -0.39 is 65.4 Å². The maximum atomic E-state index is 15.3. The fraction of sp³-hybridized carbons (Fsp3) is 0.280. The fourth-order valence-electron chi connectivity index (χ4n) is 4.60. The predicted molar refractivity (Wildman–Crippen MR) is 140 cm³/mol. The Kier molecular flexibility index (Phi) is 7.99. The van der Waals surface area contributed by atoms with E-state index in [0.717, 1.165) is 23.8 Å². The maximum Gasteiger partial charge on any atom is 0.329 e. The first kappa shape index (κ1) is 29.4. The second kappa shape index (κ2) is 11.7. The van der Waals surface area contributed by atoms with Crippen LogP contribution in [0.25, 0.3) is 16.9 Å². The van der Waals surface area contributed by atoms with E-state index in [9.17, 15) is 28.0 Å². The summed E-state index contributed by atoms with van der Waals surface area (Å²) >= 11 is 6.00. The van der Waals surface area contributed by atoms with Crippen molar-refractivity contribution >= 4 is 35.1 Å². The van der Waals surface area contributed by atoms with Crippen LogP contribution in [0.1, 0.15) is 60.7 Å². The molecule has 5 rings (SSSR count). The van der Waals surface area contributed by atoms with Gasteiger partial charge in [-0.05, 0) is 29.0 Å². The lowest BCUT2D eigenvalue weighted by Gasteiger charge is -2.15. The number of nitrogens with one attached hydrogen (secondary N) is 1. The van der Waals surface area contributed by atoms with Gasteiger partial charge in [-0.15, -0.1) is 5.10 Å². The zero-order valence-corrected chi connectivity index (χ0v) is 22.9. The smallest absolute Gasteiger partial charge is 0.329 e. The van der Waals surface area contributed by atoms with Gasteiger partial charge < -0.3 is 10.1 Å². The van der Waals surface area contributed by atoms with Gasteiger partial charge in [0.2, 0.25) is 11.7 Å². The standard InChI is InChI=1S/C25H19ClF3N9O5/c1-10-5-15(25(42)43-8-16(40)21-22(23(28)29)34-17(7-30-21)32-11(2)39)38-18(41)6-13(33-24(10)38)19-14(37-9-31-35-36-37)4-3-12(26)20(19)27/h3-4,6-7,9-10,15,23H,5,8H2,1-2H3,(H,32,34,39)/t10-,15?/m0/s1. The Morgan fingerprint density at radius 1 is 1.23 bits per heavy atom. The monoisotopic (exact) mass is 617 g/mol. The van der Waals surface area contributed by atoms with Crippen molar-refractivity contribution in [1.82, 2.24) is 39.7 Å². The average molecular weight is 618 g/mol. The molecular formula is C25H19ClF3N9O5. The number of alkyl halides is 2. The van der Waals surface area contributed by atoms with E-state index in [1.165, 1.54) is 23.1 Å². The average Bonchev–Trinajstić information content (AvgIpc) is 3.61. The number of Topliss-reactive ketones (excluding diaryl/α,β-unsaturated/α-hetero) is 1. The number of hydrogen-bond acceptors (Lipinski definition) is 11. The van der Waals surface area contributed by atoms with Crippen molar-refractivity contribution in [3.8, 4) is 16.9 Å². The molecule has 0 bridgehead atoms. The van der Waals surface area contributed by atoms with Crippen LogP contribution in [0.2, 0.25) is 5.02 Å². The molecule has 18 heteroatoms. The summed E-state index contributed by atoms with van der Waals surface area (Å²) in [6.07, 6.45) is -1.05. The topological polar surface area (TPSA) is 177 Å². The third-order valence-electron chi connectivity index (χ3n) is 6.43. The van der Waals surface area contributed by atoms with Gasteiger partial charge >= 0.3 is 5.97 Å². The van der Waals surface area contributed by atoms with Gasteiger partial charge in [-0.1, -0.05) is 18.5 Å². The van der Waals surface area contributed by atoms with E-state index in [2.05, 4.69) is 35.8 Å². The molecule has 14 nitrogen and oxygen atoms in total. The highest BCUT2D eigenvalue weighted by molar-refractivity contribution is 6.31. The molecule has 0 aliphatic carbocycles. The van der Waals surface area contributed by atoms with Gasteiger partial charge in [0, 0.05) is 18.9 Å². The van der Waals surface area contributed by atoms with E-state index in [1.807, 2.05) is 0 Å². The number of carbonyl (C=O) groups excluding carboxylic acids is 3. The second-order valence-electron chi connectivity index (χ2n) is 9.37. The minimum Gasteiger partial charge on any atom is -0.456 e. The van der Waals surface area contributed by atoms with Gasteiger partial charge in [0.05, 0.1) is 28.2 Å². The Labute approximate surface area is 243 Å². The molecule has 222 valence electrons. The molecule has 4 aromatic rings. The number of benzene rings is 1. The first-order chi connectivity index (χ1) is 20.5. The number of halogens is 4. The Morgan fingerprint density at radius 3 is 2.67 bits per heavy atom. The van der Waals surface area contributed by atoms with Crippen LogP contribution in [0, 0.1) is 5.82 Å². The molecule has 0 spiro atoms. The Bertz CT molecular complexity index is 1820. The largest absolute Gasteiger partial charge is 0.456 e. The van der Waals surface area contributed by atoms with Crippen LogP contribution in [-0.4, -0.2) is 64.0 Å². The number of anilines is 1. The predicted octanol–water partition coefficient (Wildman–Crippen LogP) is 2.84. The molecule has 0 fully saturated rings. The Morgan fingerprint density at radius 2 is 2.00 bits per heavy atom. The van der Waals surface area contributed by atoms with Gasteiger partial charge in [0.25, 0.3) is 12.0 Å². The molecule has 0 radical (unpaired) electrons. The number of carbonyl (C=O) groups is 3. The second-order valence-corrected chi connectivity index (χ2v) is 9.78. The van der Waals surface area contributed by atoms with E-state index in [4.69, 9.17) is 16.3 Å². The van der Waals surface area contributed by atoms with Crippen molar-refractivity contribution in [3.05, 3.63) is 69.1 Å². The number of hydrogen-bond donors (Lipinski definition) is 1. The van der Waals surface area contributed by atoms with Crippen molar-refractivity contribution < 1.29 is 32.3 Å². The lowest BCUT2D eigenvalue weighted by Crippen LogP contribution is -2.30. The van der Waals surface area contributed by atoms with Crippen LogP contribution in [-0.2, 0) is 14.3 Å². The van der Waals surface area contributed by atoms with Gasteiger partial charge in [-0.25, -0.2) is 32.9 Å². The summed E-state index contributed by atoms with van der Waals surface area (Å²) in [6, 6.07) is 2.54. The third kappa shape index (κ3) is 5.70. The summed E-state index contributed by atoms with van der Waals surface area (Å²) in [5, 5.41) is 12.8. The van der Waals surface area contributed by atoms with Crippen LogP contribution in [0.3, 0.4) is 0 Å². The molecule has 1 aromatic carbocycles. The first-order valence-corrected chi connectivity index (χ1v) is 12.8. The lowest BCUT2D eigenvalue weighted by molar-refractivity contribution is -0.146. The lowest BCUT2D eigenvalue weighted by atomic mass is 10.1. The van der Waals surface area contributed by atoms with Crippen LogP contribution in [0.15, 0.2) is 35.5 Å². The van der Waals surface area contributed by atoms with Crippen LogP contribution in [0.4, 0.5) is 19.0 Å². The van der Waals surface area contributed by atoms with Gasteiger partial charge in [0.15, 0.2) is 18.2 Å². The molecule has 3 aromatic heterocycles. The van der Waals surface area contributed by atoms with Crippen molar-refractivity contribution in [2.45, 2.75) is 38.7 Å². The molecule has 1 unspecified atom stereocenters. The SMILES string of the molecule is CC(=O)Nc1cnc(C(=O)COC(=O)C2C[C@H](C)c3nc(-c4c(-n5cnnn5)ccc(Cl)c4F)cc(=O)n32)c(C(F)F)n1. The fourth-order valence-corrected chi connectivity index (χ4v) is 4.76. The zero-order valence-electron chi connectivity index (χ0n) is 22.2. The minimum absolute atomic E-state index is 0.0457. The number of amides is 1. The number of ketones is 1. The Hall–Kier alpha value is -5.06. The van der Waals surface area contributed by atoms with Crippen molar-refractivity contribution in [2.24, 2.45) is 0 Å². The number of nitrogens with zero attached hydrogens (tertiary/aromatic N) is 8. The minimum atomic E-state index is -3.22. The van der Waals surface area contributed by atoms with Gasteiger partial charge in [0.1, 0.15) is 29.6 Å². The highest BCUT2D eigenvalue weighted by Gasteiger charge is 2.37. The first-order valence-electron chi connectivity index (χ1n) is 12.4. The summed E-state index contributed by atoms with van der Waals surface area (Å²) in [4.78, 5) is 61.7. The van der Waals surface area contributed by atoms with Crippen molar-refractivity contribution in [3.63, 3.8) is 0 Å². The molecule has 0 saturated carbocycles. The number of esters is 1. The molecule has 43 heavy (non-hydrogen) atoms. The molecule has 2 atom stereocenters. The number of rotatable bonds is 8. The normalized spacial score (nSPS) is 15.8. The summed E-state index contributed by atoms with van der Waals surface area (Å²) < 4.78 is 49.7. The molecule has 1 N–H and O–H groups in total. The highest BCUT2D eigenvalue weighted by atomic mass is 35.5. The summed E-state index contributed by atoms with van der Waals surface area (Å²) in [6.45, 7) is 1.84. The van der Waals surface area contributed by atoms with E-state index >= 15 is 4.39 Å². The number of aromatic nitrogens is 8. The summed E-state index contributed by atoms with van der Waals surface area (Å²) in [5.74, 6) is -4.18. The van der Waals surface area contributed by atoms with Crippen LogP contribution < -0.4 is 10.9 Å². The number of tetrazole rings is 1. The van der Waals surface area contributed by atoms with E-state index in [-0.39, 0.29) is 40.0 Å². The molecule has 0 saturated heterocycles. The molecule has 4 heterocycles. The van der Waals surface area contributed by atoms with Crippen molar-refractivity contribution in [1.29, 1.82) is 0 Å². The van der Waals surface area contributed by atoms with Gasteiger partial charge in [-0.3, -0.25) is 19.0 Å². The number of fused-ring (bicyclic) bond motifs is 1. The summed E-state index contributed by atoms with van der Waals surface area (Å²) in [5.41, 5.74) is -2.56. The molecule has 1 aliphatic heterocycles. The molecule has 1 amide bonds. The molecule has 1 aliphatic rings. The summed E-state index contributed by atoms with van der Waals surface area (Å²) in [7, 11) is 0. The van der Waals surface area contributed by atoms with E-state index in [0.29, 0.717) is 0 Å². The van der Waals surface area contributed by atoms with Gasteiger partial charge in [-0.2, -0.15) is 4.68 Å².